The Morgan fingerprint density at radius 3 is 1.89 bits per heavy atom. The molecule has 0 saturated carbocycles. The molecule has 0 aromatic heterocycles. The molecule has 0 heterocycles. The molecule has 0 aliphatic rings. The largest absolute Gasteiger partial charge is 0.465 e. The van der Waals surface area contributed by atoms with Crippen LogP contribution in [0, 0.1) is 5.92 Å². The molecule has 0 atom stereocenters. The van der Waals surface area contributed by atoms with E-state index in [1.807, 2.05) is 0 Å². The number of ether oxygens (including phenoxy) is 1. The van der Waals surface area contributed by atoms with Gasteiger partial charge in [0.1, 0.15) is 0 Å². The number of hydrogen-bond donors (Lipinski definition) is 0. The third-order valence-corrected chi connectivity index (χ3v) is 3.87. The van der Waals surface area contributed by atoms with Gasteiger partial charge in [-0.25, -0.2) is 0 Å². The molecule has 0 aliphatic heterocycles. The van der Waals surface area contributed by atoms with Gasteiger partial charge in [0, 0.05) is 6.42 Å². The van der Waals surface area contributed by atoms with E-state index in [1.54, 1.807) is 0 Å². The fourth-order valence-electron chi connectivity index (χ4n) is 2.21. The quantitative estimate of drug-likeness (QED) is 0.326. The van der Waals surface area contributed by atoms with Gasteiger partial charge in [0.2, 0.25) is 0 Å². The molecule has 2 heteroatoms. The maximum absolute atomic E-state index is 11.5. The lowest BCUT2D eigenvalue weighted by molar-refractivity contribution is -0.145. The Morgan fingerprint density at radius 1 is 0.842 bits per heavy atom. The van der Waals surface area contributed by atoms with Crippen LogP contribution in [0.3, 0.4) is 0 Å². The van der Waals surface area contributed by atoms with Crippen molar-refractivity contribution >= 4 is 5.97 Å². The van der Waals surface area contributed by atoms with Gasteiger partial charge in [-0.05, 0) is 12.3 Å². The fourth-order valence-corrected chi connectivity index (χ4v) is 2.21. The predicted molar refractivity (Wildman–Crippen MR) is 82.3 cm³/mol. The molecule has 0 unspecified atom stereocenters. The van der Waals surface area contributed by atoms with Crippen molar-refractivity contribution in [3.63, 3.8) is 0 Å². The topological polar surface area (TPSA) is 26.3 Å². The summed E-state index contributed by atoms with van der Waals surface area (Å²) in [6, 6.07) is 0. The molecule has 0 rings (SSSR count). The molecular weight excluding hydrogens is 236 g/mol. The zero-order valence-corrected chi connectivity index (χ0v) is 13.4. The van der Waals surface area contributed by atoms with Crippen LogP contribution in [0.5, 0.6) is 0 Å². The molecule has 0 aliphatic carbocycles. The van der Waals surface area contributed by atoms with E-state index in [0.717, 1.165) is 19.3 Å². The molecule has 0 amide bonds. The van der Waals surface area contributed by atoms with Crippen molar-refractivity contribution in [2.75, 3.05) is 6.61 Å². The molecule has 19 heavy (non-hydrogen) atoms. The lowest BCUT2D eigenvalue weighted by Gasteiger charge is -2.12. The third-order valence-electron chi connectivity index (χ3n) is 3.87. The van der Waals surface area contributed by atoms with E-state index in [0.29, 0.717) is 18.9 Å². The first-order valence-electron chi connectivity index (χ1n) is 8.40. The summed E-state index contributed by atoms with van der Waals surface area (Å²) in [4.78, 5) is 11.5. The SMILES string of the molecule is CCCCCCCCCCC(=O)OCC(CC)CC. The molecule has 0 saturated heterocycles. The summed E-state index contributed by atoms with van der Waals surface area (Å²) < 4.78 is 5.31. The molecule has 0 aromatic rings. The van der Waals surface area contributed by atoms with Crippen molar-refractivity contribution in [1.29, 1.82) is 0 Å². The van der Waals surface area contributed by atoms with E-state index in [2.05, 4.69) is 20.8 Å². The van der Waals surface area contributed by atoms with Crippen LogP contribution in [0.1, 0.15) is 91.4 Å². The van der Waals surface area contributed by atoms with E-state index in [9.17, 15) is 4.79 Å². The van der Waals surface area contributed by atoms with Crippen LogP contribution >= 0.6 is 0 Å². The van der Waals surface area contributed by atoms with Gasteiger partial charge in [-0.2, -0.15) is 0 Å². The summed E-state index contributed by atoms with van der Waals surface area (Å²) in [5.74, 6) is 0.542. The number of rotatable bonds is 13. The van der Waals surface area contributed by atoms with E-state index in [-0.39, 0.29) is 5.97 Å². The first-order chi connectivity index (χ1) is 9.24. The lowest BCUT2D eigenvalue weighted by atomic mass is 10.1. The predicted octanol–water partition coefficient (Wildman–Crippen LogP) is 5.50. The van der Waals surface area contributed by atoms with E-state index in [4.69, 9.17) is 4.74 Å². The van der Waals surface area contributed by atoms with Gasteiger partial charge >= 0.3 is 5.97 Å². The van der Waals surface area contributed by atoms with Crippen LogP contribution in [0.25, 0.3) is 0 Å². The summed E-state index contributed by atoms with van der Waals surface area (Å²) in [7, 11) is 0. The zero-order chi connectivity index (χ0) is 14.3. The fraction of sp³-hybridized carbons (Fsp3) is 0.941. The molecule has 0 fully saturated rings. The zero-order valence-electron chi connectivity index (χ0n) is 13.4. The number of hydrogen-bond acceptors (Lipinski definition) is 2. The summed E-state index contributed by atoms with van der Waals surface area (Å²) >= 11 is 0. The maximum atomic E-state index is 11.5. The molecule has 114 valence electrons. The van der Waals surface area contributed by atoms with E-state index < -0.39 is 0 Å². The number of carbonyl (C=O) groups excluding carboxylic acids is 1. The van der Waals surface area contributed by atoms with Gasteiger partial charge in [0.25, 0.3) is 0 Å². The van der Waals surface area contributed by atoms with Crippen molar-refractivity contribution in [2.45, 2.75) is 91.4 Å². The second-order valence-corrected chi connectivity index (χ2v) is 5.59. The minimum Gasteiger partial charge on any atom is -0.465 e. The third kappa shape index (κ3) is 12.3. The highest BCUT2D eigenvalue weighted by molar-refractivity contribution is 5.69. The molecule has 0 bridgehead atoms. The highest BCUT2D eigenvalue weighted by Gasteiger charge is 2.07. The van der Waals surface area contributed by atoms with Crippen molar-refractivity contribution < 1.29 is 9.53 Å². The Labute approximate surface area is 120 Å². The Morgan fingerprint density at radius 2 is 1.37 bits per heavy atom. The average Bonchev–Trinajstić information content (AvgIpc) is 2.43. The van der Waals surface area contributed by atoms with Crippen LogP contribution in [-0.4, -0.2) is 12.6 Å². The molecule has 2 nitrogen and oxygen atoms in total. The Balaban J connectivity index is 3.29. The van der Waals surface area contributed by atoms with Crippen molar-refractivity contribution in [2.24, 2.45) is 5.92 Å². The molecule has 0 spiro atoms. The molecule has 0 N–H and O–H groups in total. The van der Waals surface area contributed by atoms with Gasteiger partial charge in [-0.3, -0.25) is 4.79 Å². The van der Waals surface area contributed by atoms with E-state index in [1.165, 1.54) is 44.9 Å². The Kier molecular flexibility index (Phi) is 13.5. The first kappa shape index (κ1) is 18.5. The second kappa shape index (κ2) is 13.9. The molecule has 0 radical (unpaired) electrons. The summed E-state index contributed by atoms with van der Waals surface area (Å²) in [6.45, 7) is 7.16. The number of unbranched alkanes of at least 4 members (excludes halogenated alkanes) is 7. The lowest BCUT2D eigenvalue weighted by Crippen LogP contribution is -2.12. The Bertz CT molecular complexity index is 197. The van der Waals surface area contributed by atoms with Crippen LogP contribution in [0.4, 0.5) is 0 Å². The second-order valence-electron chi connectivity index (χ2n) is 5.59. The first-order valence-corrected chi connectivity index (χ1v) is 8.40. The smallest absolute Gasteiger partial charge is 0.305 e. The standard InChI is InChI=1S/C17H34O2/c1-4-7-8-9-10-11-12-13-14-17(18)19-15-16(5-2)6-3/h16H,4-15H2,1-3H3. The minimum atomic E-state index is -0.00196. The van der Waals surface area contributed by atoms with Gasteiger partial charge in [-0.15, -0.1) is 0 Å². The number of carbonyl (C=O) groups is 1. The van der Waals surface area contributed by atoms with Crippen molar-refractivity contribution in [3.8, 4) is 0 Å². The van der Waals surface area contributed by atoms with Crippen LogP contribution in [0.2, 0.25) is 0 Å². The van der Waals surface area contributed by atoms with Crippen molar-refractivity contribution in [1.82, 2.24) is 0 Å². The van der Waals surface area contributed by atoms with Gasteiger partial charge < -0.3 is 4.74 Å². The number of esters is 1. The highest BCUT2D eigenvalue weighted by Crippen LogP contribution is 2.11. The minimum absolute atomic E-state index is 0.00196. The van der Waals surface area contributed by atoms with Gasteiger partial charge in [-0.1, -0.05) is 78.6 Å². The summed E-state index contributed by atoms with van der Waals surface area (Å²) in [5, 5.41) is 0. The maximum Gasteiger partial charge on any atom is 0.305 e. The van der Waals surface area contributed by atoms with Crippen LogP contribution < -0.4 is 0 Å². The molecule has 0 aromatic carbocycles. The van der Waals surface area contributed by atoms with Crippen LogP contribution in [-0.2, 0) is 9.53 Å². The average molecular weight is 270 g/mol. The van der Waals surface area contributed by atoms with Crippen LogP contribution in [0.15, 0.2) is 0 Å². The van der Waals surface area contributed by atoms with Gasteiger partial charge in [0.05, 0.1) is 6.61 Å². The monoisotopic (exact) mass is 270 g/mol. The molecular formula is C17H34O2. The summed E-state index contributed by atoms with van der Waals surface area (Å²) in [5.41, 5.74) is 0. The Hall–Kier alpha value is -0.530. The normalized spacial score (nSPS) is 10.9. The van der Waals surface area contributed by atoms with E-state index >= 15 is 0 Å². The summed E-state index contributed by atoms with van der Waals surface area (Å²) in [6.07, 6.45) is 13.0. The van der Waals surface area contributed by atoms with Crippen molar-refractivity contribution in [3.05, 3.63) is 0 Å². The highest BCUT2D eigenvalue weighted by atomic mass is 16.5. The van der Waals surface area contributed by atoms with Gasteiger partial charge in [0.15, 0.2) is 0 Å².